The lowest BCUT2D eigenvalue weighted by Crippen LogP contribution is -2.65. The van der Waals surface area contributed by atoms with E-state index in [9.17, 15) is 48.6 Å². The summed E-state index contributed by atoms with van der Waals surface area (Å²) >= 11 is 0. The monoisotopic (exact) mass is 863 g/mol. The predicted octanol–water partition coefficient (Wildman–Crippen LogP) is -3.75. The Balaban J connectivity index is 1.53. The average Bonchev–Trinajstić information content (AvgIpc) is 3.64. The molecular formula is C39H66N12O10. The quantitative estimate of drug-likeness (QED) is 0.0461. The van der Waals surface area contributed by atoms with Gasteiger partial charge in [-0.2, -0.15) is 0 Å². The number of nitrogens with one attached hydrogen (secondary N) is 7. The summed E-state index contributed by atoms with van der Waals surface area (Å²) in [5.41, 5.74) is 0. The molecule has 4 heterocycles. The van der Waals surface area contributed by atoms with Crippen molar-refractivity contribution in [2.24, 2.45) is 5.92 Å². The second-order valence-corrected chi connectivity index (χ2v) is 16.3. The fourth-order valence-electron chi connectivity index (χ4n) is 8.45. The first kappa shape index (κ1) is 48.7. The third-order valence-corrected chi connectivity index (χ3v) is 11.9. The molecule has 22 nitrogen and oxygen atoms in total. The molecule has 0 aliphatic carbocycles. The first-order chi connectivity index (χ1) is 29.1. The number of carboxylic acid groups (broad SMARTS) is 2. The van der Waals surface area contributed by atoms with Gasteiger partial charge in [0.2, 0.25) is 35.4 Å². The van der Waals surface area contributed by atoms with Crippen LogP contribution in [0.1, 0.15) is 59.3 Å². The van der Waals surface area contributed by atoms with E-state index in [0.717, 1.165) is 32.7 Å². The van der Waals surface area contributed by atoms with Gasteiger partial charge in [-0.3, -0.25) is 53.6 Å². The average molecular weight is 863 g/mol. The van der Waals surface area contributed by atoms with E-state index in [0.29, 0.717) is 52.1 Å². The van der Waals surface area contributed by atoms with E-state index < -0.39 is 90.6 Å². The standard InChI is InChI=1S/C39H66N12O10/c1-4-47-11-12-48(5-2)14-16-50(24-34(56)57)18-17-49(15-13-47)23-32(53)42-21-26-19-27-8-9-30-38(60)45-28(7-6-10-41-25(3)40)36(58)43-22-31(52)44-29(20-33(54)55)37(59)46-35(26)39(61)51(27)30/h26-30,35H,4-24H2,1-3H3,(H2,40,41)(H,42,53)(H,43,58)(H,44,52)(H,45,60)(H,46,59)(H,54,55)(H,56,57)/t26-,27-,28-,29-,30-,35+/m0/s1. The number of amides is 6. The zero-order valence-corrected chi connectivity index (χ0v) is 35.7. The number of piperidine rings is 1. The Morgan fingerprint density at radius 1 is 0.738 bits per heavy atom. The number of hydrogen-bond donors (Lipinski definition) is 9. The maximum absolute atomic E-state index is 14.4. The van der Waals surface area contributed by atoms with Crippen LogP contribution in [-0.2, 0) is 38.4 Å². The summed E-state index contributed by atoms with van der Waals surface area (Å²) in [6, 6.07) is -5.43. The van der Waals surface area contributed by atoms with E-state index in [1.807, 2.05) is 9.80 Å². The van der Waals surface area contributed by atoms with Gasteiger partial charge in [0.1, 0.15) is 24.2 Å². The number of fused-ring (bicyclic) bond motifs is 1. The summed E-state index contributed by atoms with van der Waals surface area (Å²) in [6.07, 6.45) is 0.687. The normalized spacial score (nSPS) is 27.2. The summed E-state index contributed by atoms with van der Waals surface area (Å²) in [6.45, 7) is 12.0. The van der Waals surface area contributed by atoms with E-state index in [-0.39, 0.29) is 50.6 Å². The molecule has 0 radical (unpaired) electrons. The van der Waals surface area contributed by atoms with Crippen LogP contribution in [-0.4, -0.2) is 216 Å². The largest absolute Gasteiger partial charge is 0.481 e. The van der Waals surface area contributed by atoms with Crippen LogP contribution < -0.4 is 31.9 Å². The number of amidine groups is 1. The second kappa shape index (κ2) is 23.9. The van der Waals surface area contributed by atoms with Crippen molar-refractivity contribution in [1.82, 2.24) is 56.4 Å². The lowest BCUT2D eigenvalue weighted by Gasteiger charge is -2.42. The van der Waals surface area contributed by atoms with Crippen LogP contribution in [0.15, 0.2) is 0 Å². The van der Waals surface area contributed by atoms with Crippen molar-refractivity contribution < 1.29 is 48.6 Å². The summed E-state index contributed by atoms with van der Waals surface area (Å²) in [5, 5.41) is 42.8. The van der Waals surface area contributed by atoms with Crippen molar-refractivity contribution in [1.29, 1.82) is 5.41 Å². The predicted molar refractivity (Wildman–Crippen MR) is 221 cm³/mol. The summed E-state index contributed by atoms with van der Waals surface area (Å²) in [4.78, 5) is 115. The molecule has 4 aliphatic rings. The van der Waals surface area contributed by atoms with E-state index in [1.165, 1.54) is 4.90 Å². The molecule has 0 aromatic heterocycles. The van der Waals surface area contributed by atoms with Crippen LogP contribution in [0.3, 0.4) is 0 Å². The minimum atomic E-state index is -1.62. The third-order valence-electron chi connectivity index (χ3n) is 11.9. The van der Waals surface area contributed by atoms with Crippen molar-refractivity contribution >= 4 is 53.2 Å². The molecule has 0 aromatic rings. The van der Waals surface area contributed by atoms with E-state index >= 15 is 0 Å². The highest BCUT2D eigenvalue weighted by molar-refractivity contribution is 5.98. The van der Waals surface area contributed by atoms with Gasteiger partial charge >= 0.3 is 11.9 Å². The molecular weight excluding hydrogens is 797 g/mol. The van der Waals surface area contributed by atoms with E-state index in [2.05, 4.69) is 55.5 Å². The summed E-state index contributed by atoms with van der Waals surface area (Å²) in [5.74, 6) is -6.81. The van der Waals surface area contributed by atoms with Gasteiger partial charge in [-0.1, -0.05) is 13.8 Å². The Bertz CT molecular complexity index is 1600. The summed E-state index contributed by atoms with van der Waals surface area (Å²) < 4.78 is 0. The highest BCUT2D eigenvalue weighted by Gasteiger charge is 2.51. The fourth-order valence-corrected chi connectivity index (χ4v) is 8.45. The van der Waals surface area contributed by atoms with Gasteiger partial charge in [-0.25, -0.2) is 0 Å². The van der Waals surface area contributed by atoms with Crippen LogP contribution in [0.5, 0.6) is 0 Å². The highest BCUT2D eigenvalue weighted by Crippen LogP contribution is 2.35. The minimum absolute atomic E-state index is 0.00722. The summed E-state index contributed by atoms with van der Waals surface area (Å²) in [7, 11) is 0. The van der Waals surface area contributed by atoms with Crippen LogP contribution in [0.4, 0.5) is 0 Å². The van der Waals surface area contributed by atoms with E-state index in [1.54, 1.807) is 6.92 Å². The zero-order chi connectivity index (χ0) is 44.6. The van der Waals surface area contributed by atoms with Crippen molar-refractivity contribution in [2.45, 2.75) is 89.5 Å². The lowest BCUT2D eigenvalue weighted by molar-refractivity contribution is -0.149. The molecule has 6 amide bonds. The first-order valence-electron chi connectivity index (χ1n) is 21.5. The molecule has 4 rings (SSSR count). The number of carbonyl (C=O) groups is 8. The zero-order valence-electron chi connectivity index (χ0n) is 35.7. The number of aliphatic carboxylic acids is 2. The third kappa shape index (κ3) is 15.2. The van der Waals surface area contributed by atoms with Gasteiger partial charge in [0.15, 0.2) is 0 Å². The molecule has 0 aromatic carbocycles. The lowest BCUT2D eigenvalue weighted by atomic mass is 9.85. The molecule has 2 bridgehead atoms. The Labute approximate surface area is 356 Å². The number of carboxylic acids is 2. The van der Waals surface area contributed by atoms with Gasteiger partial charge in [0.05, 0.1) is 31.9 Å². The topological polar surface area (TPSA) is 289 Å². The maximum Gasteiger partial charge on any atom is 0.317 e. The van der Waals surface area contributed by atoms with Crippen molar-refractivity contribution in [3.63, 3.8) is 0 Å². The van der Waals surface area contributed by atoms with Crippen molar-refractivity contribution in [3.8, 4) is 0 Å². The van der Waals surface area contributed by atoms with Gasteiger partial charge in [0.25, 0.3) is 0 Å². The molecule has 4 saturated heterocycles. The van der Waals surface area contributed by atoms with Gasteiger partial charge < -0.3 is 56.8 Å². The van der Waals surface area contributed by atoms with Crippen molar-refractivity contribution in [2.75, 3.05) is 98.2 Å². The van der Waals surface area contributed by atoms with Crippen LogP contribution in [0.2, 0.25) is 0 Å². The SMILES string of the molecule is CCN1CCN(CC)CCN(CC(=O)NC[C@@H]2C[C@@H]3CC[C@H]4C(=O)N[C@@H](CCCNC(C)=N)C(=O)NCC(=O)N[C@@H](CC(=O)O)C(=O)N[C@H]2C(=O)N34)CCN(CC(=O)O)CC1. The van der Waals surface area contributed by atoms with Gasteiger partial charge in [-0.05, 0) is 52.1 Å². The first-order valence-corrected chi connectivity index (χ1v) is 21.5. The number of rotatable bonds is 14. The molecule has 0 spiro atoms. The number of likely N-dealkylation sites (N-methyl/N-ethyl adjacent to an activating group) is 2. The fraction of sp³-hybridized carbons (Fsp3) is 0.769. The molecule has 4 aliphatic heterocycles. The van der Waals surface area contributed by atoms with Crippen LogP contribution in [0, 0.1) is 11.3 Å². The van der Waals surface area contributed by atoms with Gasteiger partial charge in [-0.15, -0.1) is 0 Å². The number of carbonyl (C=O) groups excluding carboxylic acids is 6. The molecule has 0 unspecified atom stereocenters. The van der Waals surface area contributed by atoms with Crippen LogP contribution >= 0.6 is 0 Å². The van der Waals surface area contributed by atoms with E-state index in [4.69, 9.17) is 5.41 Å². The highest BCUT2D eigenvalue weighted by atomic mass is 16.4. The minimum Gasteiger partial charge on any atom is -0.481 e. The molecule has 342 valence electrons. The molecule has 4 fully saturated rings. The van der Waals surface area contributed by atoms with Crippen LogP contribution in [0.25, 0.3) is 0 Å². The molecule has 61 heavy (non-hydrogen) atoms. The van der Waals surface area contributed by atoms with Crippen molar-refractivity contribution in [3.05, 3.63) is 0 Å². The molecule has 22 heteroatoms. The number of nitrogens with zero attached hydrogens (tertiary/aromatic N) is 5. The molecule has 6 atom stereocenters. The second-order valence-electron chi connectivity index (χ2n) is 16.3. The maximum atomic E-state index is 14.4. The number of hydrogen-bond acceptors (Lipinski definition) is 13. The Morgan fingerprint density at radius 2 is 1.34 bits per heavy atom. The van der Waals surface area contributed by atoms with Gasteiger partial charge in [0, 0.05) is 77.4 Å². The Hall–Kier alpha value is -4.93. The Morgan fingerprint density at radius 3 is 1.92 bits per heavy atom. The Kier molecular flexibility index (Phi) is 19.1. The molecule has 9 N–H and O–H groups in total. The smallest absolute Gasteiger partial charge is 0.317 e. The molecule has 0 saturated carbocycles.